The van der Waals surface area contributed by atoms with Gasteiger partial charge in [0.15, 0.2) is 0 Å². The lowest BCUT2D eigenvalue weighted by Gasteiger charge is -2.42. The molecule has 35 heavy (non-hydrogen) atoms. The number of halogens is 3. The number of hydrogen-bond donors (Lipinski definition) is 0. The van der Waals surface area contributed by atoms with Gasteiger partial charge in [0.1, 0.15) is 12.1 Å². The van der Waals surface area contributed by atoms with Crippen LogP contribution >= 0.6 is 0 Å². The Bertz CT molecular complexity index is 1060. The predicted molar refractivity (Wildman–Crippen MR) is 121 cm³/mol. The van der Waals surface area contributed by atoms with Crippen LogP contribution in [0.5, 0.6) is 5.75 Å². The lowest BCUT2D eigenvalue weighted by atomic mass is 9.85. The molecule has 2 aliphatic rings. The molecule has 0 unspecified atom stereocenters. The number of nitrogens with zero attached hydrogens (tertiary/aromatic N) is 8. The van der Waals surface area contributed by atoms with Gasteiger partial charge in [0.2, 0.25) is 5.95 Å². The molecule has 12 heteroatoms. The van der Waals surface area contributed by atoms with E-state index >= 15 is 0 Å². The van der Waals surface area contributed by atoms with Crippen molar-refractivity contribution in [2.75, 3.05) is 37.7 Å². The molecule has 1 saturated carbocycles. The largest absolute Gasteiger partial charge is 0.493 e. The topological polar surface area (TPSA) is 85.1 Å². The van der Waals surface area contributed by atoms with E-state index < -0.39 is 11.7 Å². The summed E-state index contributed by atoms with van der Waals surface area (Å²) in [7, 11) is 0. The molecule has 0 amide bonds. The van der Waals surface area contributed by atoms with Crippen LogP contribution in [-0.4, -0.2) is 73.9 Å². The highest BCUT2D eigenvalue weighted by atomic mass is 19.4. The number of anilines is 1. The van der Waals surface area contributed by atoms with Crippen molar-refractivity contribution in [3.63, 3.8) is 0 Å². The molecular weight excluding hydrogens is 461 g/mol. The maximum absolute atomic E-state index is 12.7. The molecule has 2 aromatic heterocycles. The van der Waals surface area contributed by atoms with Crippen LogP contribution in [0.4, 0.5) is 19.1 Å². The summed E-state index contributed by atoms with van der Waals surface area (Å²) in [5, 5.41) is 11.2. The molecule has 2 fully saturated rings. The van der Waals surface area contributed by atoms with Crippen LogP contribution in [0.3, 0.4) is 0 Å². The first-order chi connectivity index (χ1) is 17.0. The summed E-state index contributed by atoms with van der Waals surface area (Å²) in [4.78, 5) is 12.3. The third kappa shape index (κ3) is 5.69. The molecule has 9 nitrogen and oxygen atoms in total. The second-order valence-corrected chi connectivity index (χ2v) is 9.03. The van der Waals surface area contributed by atoms with Crippen molar-refractivity contribution in [3.8, 4) is 11.4 Å². The van der Waals surface area contributed by atoms with E-state index in [9.17, 15) is 13.2 Å². The minimum absolute atomic E-state index is 0.365. The number of benzene rings is 1. The second-order valence-electron chi connectivity index (χ2n) is 9.03. The minimum Gasteiger partial charge on any atom is -0.493 e. The zero-order valence-corrected chi connectivity index (χ0v) is 19.2. The molecule has 0 atom stereocenters. The Balaban J connectivity index is 1.04. The number of hydrogen-bond acceptors (Lipinski definition) is 8. The fourth-order valence-corrected chi connectivity index (χ4v) is 4.78. The Morgan fingerprint density at radius 1 is 0.914 bits per heavy atom. The van der Waals surface area contributed by atoms with E-state index in [1.54, 1.807) is 11.0 Å². The number of aromatic nitrogens is 6. The van der Waals surface area contributed by atoms with Crippen LogP contribution in [0, 0.1) is 5.92 Å². The van der Waals surface area contributed by atoms with Crippen molar-refractivity contribution >= 4 is 5.95 Å². The number of ether oxygens (including phenoxy) is 1. The van der Waals surface area contributed by atoms with Crippen LogP contribution in [0.15, 0.2) is 43.0 Å². The standard InChI is InChI=1S/C23H27F3N8O/c24-23(25,26)18-13-27-22(28-14-18)33-11-9-32(10-12-33)19-3-1-17(2-4-19)15-35-21-7-5-20(6-8-21)34-16-29-30-31-34/h5-8,13-14,16-17,19H,1-4,9-12,15H2. The average Bonchev–Trinajstić information content (AvgIpc) is 3.43. The third-order valence-electron chi connectivity index (χ3n) is 6.83. The normalized spacial score (nSPS) is 21.7. The van der Waals surface area contributed by atoms with E-state index in [1.807, 2.05) is 29.2 Å². The highest BCUT2D eigenvalue weighted by Crippen LogP contribution is 2.30. The molecule has 186 valence electrons. The third-order valence-corrected chi connectivity index (χ3v) is 6.83. The smallest absolute Gasteiger partial charge is 0.419 e. The van der Waals surface area contributed by atoms with Gasteiger partial charge in [-0.05, 0) is 66.3 Å². The molecule has 1 aromatic carbocycles. The van der Waals surface area contributed by atoms with Crippen molar-refractivity contribution in [1.29, 1.82) is 0 Å². The van der Waals surface area contributed by atoms with Crippen LogP contribution < -0.4 is 9.64 Å². The van der Waals surface area contributed by atoms with E-state index in [0.717, 1.165) is 75.7 Å². The Morgan fingerprint density at radius 2 is 1.60 bits per heavy atom. The van der Waals surface area contributed by atoms with Gasteiger partial charge < -0.3 is 9.64 Å². The molecule has 5 rings (SSSR count). The molecule has 0 N–H and O–H groups in total. The zero-order valence-electron chi connectivity index (χ0n) is 19.2. The molecule has 0 radical (unpaired) electrons. The molecular formula is C23H27F3N8O. The van der Waals surface area contributed by atoms with Crippen LogP contribution in [-0.2, 0) is 6.18 Å². The Labute approximate surface area is 200 Å². The Hall–Kier alpha value is -3.28. The van der Waals surface area contributed by atoms with Crippen molar-refractivity contribution in [1.82, 2.24) is 35.1 Å². The van der Waals surface area contributed by atoms with Crippen LogP contribution in [0.25, 0.3) is 5.69 Å². The van der Waals surface area contributed by atoms with Gasteiger partial charge in [-0.1, -0.05) is 0 Å². The quantitative estimate of drug-likeness (QED) is 0.523. The summed E-state index contributed by atoms with van der Waals surface area (Å²) in [5.74, 6) is 1.74. The first-order valence-electron chi connectivity index (χ1n) is 11.8. The maximum Gasteiger partial charge on any atom is 0.419 e. The molecule has 0 spiro atoms. The van der Waals surface area contributed by atoms with Crippen molar-refractivity contribution < 1.29 is 17.9 Å². The zero-order chi connectivity index (χ0) is 24.3. The lowest BCUT2D eigenvalue weighted by Crippen LogP contribution is -2.51. The minimum atomic E-state index is -4.41. The SMILES string of the molecule is FC(F)(F)c1cnc(N2CCN(C3CCC(COc4ccc(-n5cnnn5)cc4)CC3)CC2)nc1. The van der Waals surface area contributed by atoms with E-state index in [0.29, 0.717) is 24.5 Å². The molecule has 1 aliphatic carbocycles. The molecule has 0 bridgehead atoms. The van der Waals surface area contributed by atoms with Gasteiger partial charge in [0.25, 0.3) is 0 Å². The summed E-state index contributed by atoms with van der Waals surface area (Å²) >= 11 is 0. The summed E-state index contributed by atoms with van der Waals surface area (Å²) in [6, 6.07) is 8.26. The molecule has 3 heterocycles. The Morgan fingerprint density at radius 3 is 2.20 bits per heavy atom. The van der Waals surface area contributed by atoms with Gasteiger partial charge in [-0.25, -0.2) is 14.6 Å². The first kappa shape index (κ1) is 23.5. The fourth-order valence-electron chi connectivity index (χ4n) is 4.78. The van der Waals surface area contributed by atoms with Crippen molar-refractivity contribution in [2.45, 2.75) is 37.9 Å². The van der Waals surface area contributed by atoms with Gasteiger partial charge in [0, 0.05) is 44.6 Å². The highest BCUT2D eigenvalue weighted by molar-refractivity contribution is 5.36. The monoisotopic (exact) mass is 488 g/mol. The molecule has 1 aliphatic heterocycles. The van der Waals surface area contributed by atoms with E-state index in [4.69, 9.17) is 4.74 Å². The summed E-state index contributed by atoms with van der Waals surface area (Å²) in [5.41, 5.74) is 0.0646. The Kier molecular flexibility index (Phi) is 6.80. The summed E-state index contributed by atoms with van der Waals surface area (Å²) in [6.07, 6.45) is 3.36. The van der Waals surface area contributed by atoms with Crippen molar-refractivity contribution in [3.05, 3.63) is 48.5 Å². The van der Waals surface area contributed by atoms with Gasteiger partial charge in [-0.3, -0.25) is 4.90 Å². The van der Waals surface area contributed by atoms with E-state index in [2.05, 4.69) is 30.4 Å². The van der Waals surface area contributed by atoms with Gasteiger partial charge >= 0.3 is 6.18 Å². The molecule has 1 saturated heterocycles. The highest BCUT2D eigenvalue weighted by Gasteiger charge is 2.32. The lowest BCUT2D eigenvalue weighted by molar-refractivity contribution is -0.138. The fraction of sp³-hybridized carbons (Fsp3) is 0.522. The average molecular weight is 489 g/mol. The predicted octanol–water partition coefficient (Wildman–Crippen LogP) is 3.23. The number of alkyl halides is 3. The second kappa shape index (κ2) is 10.1. The first-order valence-corrected chi connectivity index (χ1v) is 11.8. The maximum atomic E-state index is 12.7. The molecule has 3 aromatic rings. The summed E-state index contributed by atoms with van der Waals surface area (Å²) in [6.45, 7) is 3.87. The number of rotatable bonds is 6. The van der Waals surface area contributed by atoms with E-state index in [1.165, 1.54) is 0 Å². The van der Waals surface area contributed by atoms with E-state index in [-0.39, 0.29) is 0 Å². The van der Waals surface area contributed by atoms with Gasteiger partial charge in [-0.15, -0.1) is 5.10 Å². The summed E-state index contributed by atoms with van der Waals surface area (Å²) < 4.78 is 45.8. The van der Waals surface area contributed by atoms with Crippen LogP contribution in [0.2, 0.25) is 0 Å². The van der Waals surface area contributed by atoms with Gasteiger partial charge in [0.05, 0.1) is 17.9 Å². The van der Waals surface area contributed by atoms with Crippen molar-refractivity contribution in [2.24, 2.45) is 5.92 Å². The van der Waals surface area contributed by atoms with Crippen LogP contribution in [0.1, 0.15) is 31.2 Å². The number of piperazine rings is 1. The van der Waals surface area contributed by atoms with Gasteiger partial charge in [-0.2, -0.15) is 13.2 Å². The number of tetrazole rings is 1.